The molecule has 2 heterocycles. The van der Waals surface area contributed by atoms with Crippen molar-refractivity contribution in [2.45, 2.75) is 13.8 Å². The Morgan fingerprint density at radius 2 is 2.20 bits per heavy atom. The lowest BCUT2D eigenvalue weighted by Gasteiger charge is -1.88. The number of rotatable bonds is 2. The van der Waals surface area contributed by atoms with Crippen LogP contribution in [0.15, 0.2) is 10.7 Å². The Balaban J connectivity index is 2.49. The van der Waals surface area contributed by atoms with Gasteiger partial charge in [0.2, 0.25) is 10.9 Å². The Labute approximate surface area is 89.4 Å². The second-order valence-electron chi connectivity index (χ2n) is 3.03. The SMILES string of the molecule is Cc1coc(-c2sc(C(=O)O)nc2C)n1. The Hall–Kier alpha value is -1.69. The predicted octanol–water partition coefficient (Wildman–Crippen LogP) is 2.11. The van der Waals surface area contributed by atoms with E-state index < -0.39 is 5.97 Å². The van der Waals surface area contributed by atoms with Crippen LogP contribution in [0.25, 0.3) is 10.8 Å². The molecule has 1 N–H and O–H groups in total. The maximum atomic E-state index is 10.7. The van der Waals surface area contributed by atoms with Gasteiger partial charge in [0.1, 0.15) is 11.1 Å². The van der Waals surface area contributed by atoms with Gasteiger partial charge in [-0.1, -0.05) is 0 Å². The van der Waals surface area contributed by atoms with E-state index in [1.165, 1.54) is 6.26 Å². The minimum atomic E-state index is -1.03. The van der Waals surface area contributed by atoms with Gasteiger partial charge in [0.25, 0.3) is 0 Å². The summed E-state index contributed by atoms with van der Waals surface area (Å²) in [4.78, 5) is 19.4. The molecular weight excluding hydrogens is 216 g/mol. The predicted molar refractivity (Wildman–Crippen MR) is 54.0 cm³/mol. The van der Waals surface area contributed by atoms with Crippen LogP contribution in [0.1, 0.15) is 21.2 Å². The first-order valence-electron chi connectivity index (χ1n) is 4.21. The van der Waals surface area contributed by atoms with Gasteiger partial charge in [0.05, 0.1) is 11.4 Å². The number of hydrogen-bond acceptors (Lipinski definition) is 5. The molecule has 0 saturated heterocycles. The van der Waals surface area contributed by atoms with Gasteiger partial charge in [-0.3, -0.25) is 0 Å². The molecule has 2 rings (SSSR count). The smallest absolute Gasteiger partial charge is 0.365 e. The lowest BCUT2D eigenvalue weighted by atomic mass is 10.4. The van der Waals surface area contributed by atoms with Gasteiger partial charge in [-0.05, 0) is 13.8 Å². The second-order valence-corrected chi connectivity index (χ2v) is 4.03. The summed E-state index contributed by atoms with van der Waals surface area (Å²) in [6, 6.07) is 0. The van der Waals surface area contributed by atoms with Crippen molar-refractivity contribution < 1.29 is 14.3 Å². The highest BCUT2D eigenvalue weighted by atomic mass is 32.1. The Morgan fingerprint density at radius 1 is 1.47 bits per heavy atom. The van der Waals surface area contributed by atoms with E-state index in [4.69, 9.17) is 9.52 Å². The molecule has 6 heteroatoms. The first-order valence-corrected chi connectivity index (χ1v) is 5.03. The van der Waals surface area contributed by atoms with Gasteiger partial charge in [0, 0.05) is 0 Å². The highest BCUT2D eigenvalue weighted by Gasteiger charge is 2.17. The van der Waals surface area contributed by atoms with Crippen molar-refractivity contribution in [1.82, 2.24) is 9.97 Å². The average molecular weight is 224 g/mol. The van der Waals surface area contributed by atoms with E-state index in [0.717, 1.165) is 17.0 Å². The molecule has 0 amide bonds. The summed E-state index contributed by atoms with van der Waals surface area (Å²) in [6.45, 7) is 3.54. The van der Waals surface area contributed by atoms with Crippen LogP contribution >= 0.6 is 11.3 Å². The Morgan fingerprint density at radius 3 is 2.67 bits per heavy atom. The van der Waals surface area contributed by atoms with Crippen molar-refractivity contribution >= 4 is 17.3 Å². The zero-order chi connectivity index (χ0) is 11.0. The molecule has 0 aliphatic carbocycles. The fourth-order valence-corrected chi connectivity index (χ4v) is 1.98. The summed E-state index contributed by atoms with van der Waals surface area (Å²) in [7, 11) is 0. The molecule has 0 aliphatic heterocycles. The van der Waals surface area contributed by atoms with E-state index in [0.29, 0.717) is 16.5 Å². The van der Waals surface area contributed by atoms with E-state index >= 15 is 0 Å². The maximum absolute atomic E-state index is 10.7. The van der Waals surface area contributed by atoms with Crippen LogP contribution in [-0.2, 0) is 0 Å². The lowest BCUT2D eigenvalue weighted by molar-refractivity contribution is 0.0696. The quantitative estimate of drug-likeness (QED) is 0.845. The monoisotopic (exact) mass is 224 g/mol. The molecule has 0 atom stereocenters. The molecule has 0 aromatic carbocycles. The molecule has 0 unspecified atom stereocenters. The van der Waals surface area contributed by atoms with Crippen molar-refractivity contribution in [2.75, 3.05) is 0 Å². The fraction of sp³-hybridized carbons (Fsp3) is 0.222. The van der Waals surface area contributed by atoms with E-state index in [1.807, 2.05) is 6.92 Å². The topological polar surface area (TPSA) is 76.2 Å². The molecule has 0 fully saturated rings. The van der Waals surface area contributed by atoms with E-state index in [2.05, 4.69) is 9.97 Å². The number of aromatic carboxylic acids is 1. The molecule has 2 aromatic heterocycles. The molecule has 2 aromatic rings. The Kier molecular flexibility index (Phi) is 2.28. The third-order valence-electron chi connectivity index (χ3n) is 1.79. The zero-order valence-corrected chi connectivity index (χ0v) is 8.96. The summed E-state index contributed by atoms with van der Waals surface area (Å²) >= 11 is 1.07. The molecular formula is C9H8N2O3S. The number of aryl methyl sites for hydroxylation is 2. The van der Waals surface area contributed by atoms with Crippen LogP contribution in [0.4, 0.5) is 0 Å². The van der Waals surface area contributed by atoms with Crippen molar-refractivity contribution in [1.29, 1.82) is 0 Å². The van der Waals surface area contributed by atoms with E-state index in [1.54, 1.807) is 6.92 Å². The van der Waals surface area contributed by atoms with Gasteiger partial charge in [-0.25, -0.2) is 14.8 Å². The van der Waals surface area contributed by atoms with Crippen molar-refractivity contribution in [2.24, 2.45) is 0 Å². The molecule has 0 bridgehead atoms. The van der Waals surface area contributed by atoms with Crippen molar-refractivity contribution in [3.63, 3.8) is 0 Å². The molecule has 78 valence electrons. The minimum absolute atomic E-state index is 0.0540. The molecule has 15 heavy (non-hydrogen) atoms. The highest BCUT2D eigenvalue weighted by Crippen LogP contribution is 2.29. The number of carboxylic acids is 1. The van der Waals surface area contributed by atoms with E-state index in [-0.39, 0.29) is 5.01 Å². The minimum Gasteiger partial charge on any atom is -0.476 e. The van der Waals surface area contributed by atoms with Crippen LogP contribution in [0.2, 0.25) is 0 Å². The Bertz CT molecular complexity index is 515. The van der Waals surface area contributed by atoms with Crippen LogP contribution in [0.3, 0.4) is 0 Å². The van der Waals surface area contributed by atoms with Gasteiger partial charge >= 0.3 is 5.97 Å². The second kappa shape index (κ2) is 3.47. The van der Waals surface area contributed by atoms with Crippen LogP contribution in [0, 0.1) is 13.8 Å². The first kappa shape index (κ1) is 9.85. The zero-order valence-electron chi connectivity index (χ0n) is 8.14. The summed E-state index contributed by atoms with van der Waals surface area (Å²) in [5, 5.41) is 8.83. The summed E-state index contributed by atoms with van der Waals surface area (Å²) in [5.41, 5.74) is 1.38. The number of nitrogens with zero attached hydrogens (tertiary/aromatic N) is 2. The number of thiazole rings is 1. The first-order chi connectivity index (χ1) is 7.08. The van der Waals surface area contributed by atoms with Crippen molar-refractivity contribution in [3.05, 3.63) is 22.7 Å². The van der Waals surface area contributed by atoms with Gasteiger partial charge in [-0.2, -0.15) is 0 Å². The molecule has 5 nitrogen and oxygen atoms in total. The summed E-state index contributed by atoms with van der Waals surface area (Å²) in [6.07, 6.45) is 1.52. The lowest BCUT2D eigenvalue weighted by Crippen LogP contribution is -1.93. The fourth-order valence-electron chi connectivity index (χ4n) is 1.14. The largest absolute Gasteiger partial charge is 0.476 e. The number of hydrogen-bond donors (Lipinski definition) is 1. The van der Waals surface area contributed by atoms with E-state index in [9.17, 15) is 4.79 Å². The third-order valence-corrected chi connectivity index (χ3v) is 2.93. The summed E-state index contributed by atoms with van der Waals surface area (Å²) in [5.74, 6) is -0.604. The molecule has 0 saturated carbocycles. The molecule has 0 spiro atoms. The van der Waals surface area contributed by atoms with Crippen LogP contribution in [-0.4, -0.2) is 21.0 Å². The van der Waals surface area contributed by atoms with Crippen LogP contribution in [0.5, 0.6) is 0 Å². The normalized spacial score (nSPS) is 10.5. The average Bonchev–Trinajstić information content (AvgIpc) is 2.71. The van der Waals surface area contributed by atoms with Crippen molar-refractivity contribution in [3.8, 4) is 10.8 Å². The summed E-state index contributed by atoms with van der Waals surface area (Å²) < 4.78 is 5.19. The number of oxazole rings is 1. The van der Waals surface area contributed by atoms with Gasteiger partial charge < -0.3 is 9.52 Å². The third kappa shape index (κ3) is 1.75. The number of aromatic nitrogens is 2. The maximum Gasteiger partial charge on any atom is 0.365 e. The highest BCUT2D eigenvalue weighted by molar-refractivity contribution is 7.17. The van der Waals surface area contributed by atoms with Crippen LogP contribution < -0.4 is 0 Å². The van der Waals surface area contributed by atoms with Gasteiger partial charge in [0.15, 0.2) is 0 Å². The molecule has 0 aliphatic rings. The van der Waals surface area contributed by atoms with Gasteiger partial charge in [-0.15, -0.1) is 11.3 Å². The standard InChI is InChI=1S/C9H8N2O3S/c1-4-3-14-7(10-4)6-5(2)11-8(15-6)9(12)13/h3H,1-2H3,(H,12,13). The molecule has 0 radical (unpaired) electrons. The number of carbonyl (C=O) groups is 1. The number of carboxylic acid groups (broad SMARTS) is 1.